The van der Waals surface area contributed by atoms with Gasteiger partial charge < -0.3 is 5.11 Å². The summed E-state index contributed by atoms with van der Waals surface area (Å²) < 4.78 is 1.70. The van der Waals surface area contributed by atoms with E-state index in [0.717, 1.165) is 17.2 Å². The van der Waals surface area contributed by atoms with Gasteiger partial charge in [-0.3, -0.25) is 4.68 Å². The Balaban J connectivity index is 2.09. The molecule has 1 heterocycles. The van der Waals surface area contributed by atoms with Crippen molar-refractivity contribution in [1.82, 2.24) is 9.78 Å². The molecule has 1 aromatic heterocycles. The van der Waals surface area contributed by atoms with E-state index in [1.165, 1.54) is 0 Å². The molecule has 2 rings (SSSR count). The van der Waals surface area contributed by atoms with Crippen molar-refractivity contribution in [3.05, 3.63) is 54.9 Å². The third-order valence-electron chi connectivity index (χ3n) is 2.29. The predicted molar refractivity (Wildman–Crippen MR) is 64.4 cm³/mol. The zero-order valence-corrected chi connectivity index (χ0v) is 9.15. The van der Waals surface area contributed by atoms with Crippen molar-refractivity contribution in [2.45, 2.75) is 6.54 Å². The summed E-state index contributed by atoms with van der Waals surface area (Å²) in [6.07, 6.45) is 6.33. The molecule has 0 aliphatic carbocycles. The zero-order chi connectivity index (χ0) is 12.1. The normalized spacial score (nSPS) is 10.8. The first-order valence-electron chi connectivity index (χ1n) is 5.23. The first kappa shape index (κ1) is 11.1. The van der Waals surface area contributed by atoms with E-state index in [1.54, 1.807) is 17.0 Å². The molecule has 0 bridgehead atoms. The molecule has 17 heavy (non-hydrogen) atoms. The first-order chi connectivity index (χ1) is 8.25. The summed E-state index contributed by atoms with van der Waals surface area (Å²) >= 11 is 0. The maximum Gasteiger partial charge on any atom is 0.328 e. The van der Waals surface area contributed by atoms with Crippen LogP contribution in [0.4, 0.5) is 0 Å². The molecule has 0 aliphatic heterocycles. The standard InChI is InChI=1S/C13H12N2O2/c16-13(17)7-4-8-15-10-12(9-14-15)11-5-2-1-3-6-11/h1-7,9-10H,8H2,(H,16,17)/b7-4+. The monoisotopic (exact) mass is 228 g/mol. The van der Waals surface area contributed by atoms with E-state index >= 15 is 0 Å². The fourth-order valence-electron chi connectivity index (χ4n) is 1.50. The fourth-order valence-corrected chi connectivity index (χ4v) is 1.50. The van der Waals surface area contributed by atoms with Gasteiger partial charge in [0.1, 0.15) is 0 Å². The first-order valence-corrected chi connectivity index (χ1v) is 5.23. The molecule has 0 unspecified atom stereocenters. The van der Waals surface area contributed by atoms with E-state index in [1.807, 2.05) is 36.5 Å². The molecule has 86 valence electrons. The molecule has 0 radical (unpaired) electrons. The Morgan fingerprint density at radius 1 is 1.29 bits per heavy atom. The summed E-state index contributed by atoms with van der Waals surface area (Å²) in [6.45, 7) is 0.457. The van der Waals surface area contributed by atoms with Gasteiger partial charge in [0.05, 0.1) is 12.7 Å². The average molecular weight is 228 g/mol. The van der Waals surface area contributed by atoms with Crippen LogP contribution in [0.25, 0.3) is 11.1 Å². The number of hydrogen-bond donors (Lipinski definition) is 1. The van der Waals surface area contributed by atoms with Gasteiger partial charge in [0, 0.05) is 17.8 Å². The molecule has 4 heteroatoms. The highest BCUT2D eigenvalue weighted by Gasteiger charge is 1.99. The lowest BCUT2D eigenvalue weighted by Gasteiger charge is -1.95. The number of allylic oxidation sites excluding steroid dienone is 1. The summed E-state index contributed by atoms with van der Waals surface area (Å²) in [5, 5.41) is 12.6. The van der Waals surface area contributed by atoms with Crippen LogP contribution >= 0.6 is 0 Å². The molecule has 0 atom stereocenters. The van der Waals surface area contributed by atoms with E-state index in [9.17, 15) is 4.79 Å². The summed E-state index contributed by atoms with van der Waals surface area (Å²) in [6, 6.07) is 9.92. The van der Waals surface area contributed by atoms with Crippen LogP contribution in [0.3, 0.4) is 0 Å². The molecule has 0 fully saturated rings. The summed E-state index contributed by atoms with van der Waals surface area (Å²) in [7, 11) is 0. The number of benzene rings is 1. The van der Waals surface area contributed by atoms with Gasteiger partial charge in [-0.2, -0.15) is 5.10 Å². The van der Waals surface area contributed by atoms with E-state index < -0.39 is 5.97 Å². The highest BCUT2D eigenvalue weighted by molar-refractivity contribution is 5.79. The van der Waals surface area contributed by atoms with Crippen molar-refractivity contribution in [3.8, 4) is 11.1 Å². The van der Waals surface area contributed by atoms with Gasteiger partial charge in [-0.25, -0.2) is 4.79 Å². The number of carboxylic acid groups (broad SMARTS) is 1. The third-order valence-corrected chi connectivity index (χ3v) is 2.29. The Bertz CT molecular complexity index is 529. The van der Waals surface area contributed by atoms with Crippen molar-refractivity contribution < 1.29 is 9.90 Å². The lowest BCUT2D eigenvalue weighted by molar-refractivity contribution is -0.131. The van der Waals surface area contributed by atoms with Crippen LogP contribution in [0.15, 0.2) is 54.9 Å². The second-order valence-corrected chi connectivity index (χ2v) is 3.56. The van der Waals surface area contributed by atoms with Gasteiger partial charge in [-0.05, 0) is 5.56 Å². The van der Waals surface area contributed by atoms with Gasteiger partial charge in [0.2, 0.25) is 0 Å². The number of aliphatic carboxylic acids is 1. The molecule has 2 aromatic rings. The van der Waals surface area contributed by atoms with Crippen LogP contribution in [0.1, 0.15) is 0 Å². The molecule has 1 aromatic carbocycles. The molecule has 0 spiro atoms. The van der Waals surface area contributed by atoms with E-state index in [-0.39, 0.29) is 0 Å². The van der Waals surface area contributed by atoms with E-state index in [0.29, 0.717) is 6.54 Å². The number of nitrogens with zero attached hydrogens (tertiary/aromatic N) is 2. The van der Waals surface area contributed by atoms with Gasteiger partial charge in [0.25, 0.3) is 0 Å². The molecular weight excluding hydrogens is 216 g/mol. The maximum atomic E-state index is 10.3. The van der Waals surface area contributed by atoms with Crippen molar-refractivity contribution >= 4 is 5.97 Å². The fraction of sp³-hybridized carbons (Fsp3) is 0.0769. The second-order valence-electron chi connectivity index (χ2n) is 3.56. The Morgan fingerprint density at radius 3 is 2.76 bits per heavy atom. The van der Waals surface area contributed by atoms with Crippen molar-refractivity contribution in [2.24, 2.45) is 0 Å². The van der Waals surface area contributed by atoms with Crippen molar-refractivity contribution in [2.75, 3.05) is 0 Å². The SMILES string of the molecule is O=C(O)/C=C/Cn1cc(-c2ccccc2)cn1. The number of aromatic nitrogens is 2. The number of rotatable bonds is 4. The third kappa shape index (κ3) is 3.04. The van der Waals surface area contributed by atoms with Crippen molar-refractivity contribution in [1.29, 1.82) is 0 Å². The second kappa shape index (κ2) is 5.12. The minimum atomic E-state index is -0.944. The topological polar surface area (TPSA) is 55.1 Å². The van der Waals surface area contributed by atoms with Crippen LogP contribution in [0, 0.1) is 0 Å². The molecule has 0 saturated heterocycles. The lowest BCUT2D eigenvalue weighted by atomic mass is 10.1. The van der Waals surface area contributed by atoms with Gasteiger partial charge in [0.15, 0.2) is 0 Å². The van der Waals surface area contributed by atoms with Crippen molar-refractivity contribution in [3.63, 3.8) is 0 Å². The number of carbonyl (C=O) groups is 1. The Kier molecular flexibility index (Phi) is 3.35. The van der Waals surface area contributed by atoms with E-state index in [2.05, 4.69) is 5.10 Å². The minimum Gasteiger partial charge on any atom is -0.478 e. The molecule has 0 saturated carbocycles. The summed E-state index contributed by atoms with van der Waals surface area (Å²) in [5.41, 5.74) is 2.12. The quantitative estimate of drug-likeness (QED) is 0.816. The van der Waals surface area contributed by atoms with Gasteiger partial charge in [-0.1, -0.05) is 36.4 Å². The zero-order valence-electron chi connectivity index (χ0n) is 9.15. The Labute approximate surface area is 98.8 Å². The Morgan fingerprint density at radius 2 is 2.06 bits per heavy atom. The molecule has 0 amide bonds. The smallest absolute Gasteiger partial charge is 0.328 e. The highest BCUT2D eigenvalue weighted by Crippen LogP contribution is 2.17. The average Bonchev–Trinajstić information content (AvgIpc) is 2.78. The molecule has 0 aliphatic rings. The van der Waals surface area contributed by atoms with E-state index in [4.69, 9.17) is 5.11 Å². The maximum absolute atomic E-state index is 10.3. The predicted octanol–water partition coefficient (Wildman–Crippen LogP) is 2.19. The van der Waals surface area contributed by atoms with Gasteiger partial charge >= 0.3 is 5.97 Å². The Hall–Kier alpha value is -2.36. The molecule has 4 nitrogen and oxygen atoms in total. The summed E-state index contributed by atoms with van der Waals surface area (Å²) in [4.78, 5) is 10.3. The van der Waals surface area contributed by atoms with Crippen LogP contribution in [0.5, 0.6) is 0 Å². The number of hydrogen-bond acceptors (Lipinski definition) is 2. The van der Waals surface area contributed by atoms with Crippen LogP contribution in [-0.4, -0.2) is 20.9 Å². The van der Waals surface area contributed by atoms with Gasteiger partial charge in [-0.15, -0.1) is 0 Å². The summed E-state index contributed by atoms with van der Waals surface area (Å²) in [5.74, 6) is -0.944. The molecular formula is C13H12N2O2. The van der Waals surface area contributed by atoms with Crippen LogP contribution in [0.2, 0.25) is 0 Å². The largest absolute Gasteiger partial charge is 0.478 e. The molecule has 1 N–H and O–H groups in total. The highest BCUT2D eigenvalue weighted by atomic mass is 16.4. The number of carboxylic acids is 1. The van der Waals surface area contributed by atoms with Crippen LogP contribution in [-0.2, 0) is 11.3 Å². The minimum absolute atomic E-state index is 0.457. The lowest BCUT2D eigenvalue weighted by Crippen LogP contribution is -1.96. The van der Waals surface area contributed by atoms with Crippen LogP contribution < -0.4 is 0 Å².